The van der Waals surface area contributed by atoms with Gasteiger partial charge in [-0.05, 0) is 56.7 Å². The van der Waals surface area contributed by atoms with Crippen LogP contribution in [-0.4, -0.2) is 29.6 Å². The smallest absolute Gasteiger partial charge is 0.233 e. The van der Waals surface area contributed by atoms with Crippen molar-refractivity contribution in [3.05, 3.63) is 47.3 Å². The fraction of sp³-hybridized carbons (Fsp3) is 0.500. The number of ether oxygens (including phenoxy) is 1. The molecule has 0 radical (unpaired) electrons. The summed E-state index contributed by atoms with van der Waals surface area (Å²) in [6.07, 6.45) is 4.96. The van der Waals surface area contributed by atoms with Crippen LogP contribution in [0.2, 0.25) is 0 Å². The van der Waals surface area contributed by atoms with E-state index >= 15 is 0 Å². The molecule has 1 unspecified atom stereocenters. The van der Waals surface area contributed by atoms with Crippen LogP contribution < -0.4 is 4.74 Å². The van der Waals surface area contributed by atoms with Crippen molar-refractivity contribution < 1.29 is 14.1 Å². The summed E-state index contributed by atoms with van der Waals surface area (Å²) in [5.41, 5.74) is 1.62. The predicted octanol–water partition coefficient (Wildman–Crippen LogP) is 3.78. The van der Waals surface area contributed by atoms with Crippen molar-refractivity contribution in [2.24, 2.45) is 0 Å². The molecule has 1 aliphatic heterocycles. The van der Waals surface area contributed by atoms with Gasteiger partial charge < -0.3 is 14.2 Å². The first-order valence-corrected chi connectivity index (χ1v) is 9.03. The zero-order valence-corrected chi connectivity index (χ0v) is 14.8. The number of carbonyl (C=O) groups excluding carboxylic acids is 1. The summed E-state index contributed by atoms with van der Waals surface area (Å²) in [6, 6.07) is 9.94. The van der Waals surface area contributed by atoms with Crippen LogP contribution in [0.1, 0.15) is 55.2 Å². The highest BCUT2D eigenvalue weighted by molar-refractivity contribution is 5.91. The van der Waals surface area contributed by atoms with Crippen LogP contribution in [0.4, 0.5) is 0 Å². The molecule has 1 aromatic heterocycles. The second-order valence-electron chi connectivity index (χ2n) is 7.18. The van der Waals surface area contributed by atoms with Crippen LogP contribution in [0.3, 0.4) is 0 Å². The van der Waals surface area contributed by atoms with E-state index in [-0.39, 0.29) is 17.4 Å². The van der Waals surface area contributed by atoms with Gasteiger partial charge in [-0.3, -0.25) is 4.79 Å². The molecule has 0 spiro atoms. The lowest BCUT2D eigenvalue weighted by molar-refractivity contribution is -0.138. The molecule has 0 N–H and O–H groups in total. The van der Waals surface area contributed by atoms with Crippen molar-refractivity contribution >= 4 is 5.91 Å². The summed E-state index contributed by atoms with van der Waals surface area (Å²) in [5.74, 6) is 1.85. The van der Waals surface area contributed by atoms with Crippen LogP contribution in [0.5, 0.6) is 5.75 Å². The number of hydrogen-bond donors (Lipinski definition) is 0. The minimum atomic E-state index is -0.360. The molecule has 25 heavy (non-hydrogen) atoms. The van der Waals surface area contributed by atoms with Crippen molar-refractivity contribution in [3.8, 4) is 5.75 Å². The topological polar surface area (TPSA) is 55.6 Å². The van der Waals surface area contributed by atoms with Crippen molar-refractivity contribution in [1.29, 1.82) is 0 Å². The molecule has 1 amide bonds. The molecule has 1 aliphatic carbocycles. The number of carbonyl (C=O) groups is 1. The summed E-state index contributed by atoms with van der Waals surface area (Å²) in [4.78, 5) is 15.5. The fourth-order valence-corrected chi connectivity index (χ4v) is 3.96. The lowest BCUT2D eigenvalue weighted by Crippen LogP contribution is -2.44. The molecule has 1 saturated carbocycles. The predicted molar refractivity (Wildman–Crippen MR) is 93.5 cm³/mol. The number of benzene rings is 1. The number of methoxy groups -OCH3 is 1. The molecule has 1 saturated heterocycles. The summed E-state index contributed by atoms with van der Waals surface area (Å²) in [7, 11) is 1.66. The molecule has 5 heteroatoms. The van der Waals surface area contributed by atoms with Crippen LogP contribution in [0, 0.1) is 6.92 Å². The van der Waals surface area contributed by atoms with E-state index in [4.69, 9.17) is 9.26 Å². The van der Waals surface area contributed by atoms with Crippen LogP contribution in [0.25, 0.3) is 0 Å². The van der Waals surface area contributed by atoms with Crippen LogP contribution in [0.15, 0.2) is 34.9 Å². The number of aryl methyl sites for hydroxylation is 1. The molecule has 1 aromatic carbocycles. The van der Waals surface area contributed by atoms with Gasteiger partial charge in [0.1, 0.15) is 17.2 Å². The summed E-state index contributed by atoms with van der Waals surface area (Å²) in [6.45, 7) is 2.69. The Bertz CT molecular complexity index is 762. The zero-order valence-electron chi connectivity index (χ0n) is 14.8. The number of rotatable bonds is 4. The van der Waals surface area contributed by atoms with Gasteiger partial charge in [0.2, 0.25) is 5.91 Å². The van der Waals surface area contributed by atoms with Gasteiger partial charge in [-0.2, -0.15) is 0 Å². The van der Waals surface area contributed by atoms with Gasteiger partial charge >= 0.3 is 0 Å². The fourth-order valence-electron chi connectivity index (χ4n) is 3.96. The first kappa shape index (κ1) is 16.2. The third kappa shape index (κ3) is 2.81. The number of nitrogens with zero attached hydrogens (tertiary/aromatic N) is 2. The molecule has 1 atom stereocenters. The van der Waals surface area contributed by atoms with E-state index in [1.54, 1.807) is 7.11 Å². The van der Waals surface area contributed by atoms with Gasteiger partial charge in [0, 0.05) is 12.6 Å². The Morgan fingerprint density at radius 1 is 1.28 bits per heavy atom. The maximum atomic E-state index is 13.5. The lowest BCUT2D eigenvalue weighted by atomic mass is 9.90. The molecular weight excluding hydrogens is 316 g/mol. The quantitative estimate of drug-likeness (QED) is 0.850. The molecule has 5 nitrogen and oxygen atoms in total. The average Bonchev–Trinajstić information content (AvgIpc) is 3.36. The Hall–Kier alpha value is -2.30. The molecule has 2 aliphatic rings. The Morgan fingerprint density at radius 3 is 2.64 bits per heavy atom. The summed E-state index contributed by atoms with van der Waals surface area (Å²) >= 11 is 0. The van der Waals surface area contributed by atoms with E-state index < -0.39 is 0 Å². The van der Waals surface area contributed by atoms with E-state index in [9.17, 15) is 4.79 Å². The Balaban J connectivity index is 1.61. The highest BCUT2D eigenvalue weighted by Crippen LogP contribution is 2.51. The monoisotopic (exact) mass is 340 g/mol. The standard InChI is InChI=1S/C20H24N2O3/c1-14-13-17(21-25-14)18-5-3-4-12-22(18)19(23)20(10-11-20)15-6-8-16(24-2)9-7-15/h6-9,13,18H,3-5,10-12H2,1-2H3. The molecule has 2 fully saturated rings. The van der Waals surface area contributed by atoms with Crippen molar-refractivity contribution in [2.75, 3.05) is 13.7 Å². The number of piperidine rings is 1. The highest BCUT2D eigenvalue weighted by atomic mass is 16.5. The SMILES string of the molecule is COc1ccc(C2(C(=O)N3CCCCC3c3cc(C)on3)CC2)cc1. The van der Waals surface area contributed by atoms with Crippen molar-refractivity contribution in [3.63, 3.8) is 0 Å². The average molecular weight is 340 g/mol. The minimum Gasteiger partial charge on any atom is -0.497 e. The van der Waals surface area contributed by atoms with Gasteiger partial charge in [-0.1, -0.05) is 17.3 Å². The number of amides is 1. The molecule has 132 valence electrons. The van der Waals surface area contributed by atoms with E-state index in [1.807, 2.05) is 42.2 Å². The van der Waals surface area contributed by atoms with E-state index in [1.165, 1.54) is 0 Å². The van der Waals surface area contributed by atoms with E-state index in [0.29, 0.717) is 0 Å². The molecule has 2 aromatic rings. The third-order valence-corrected chi connectivity index (χ3v) is 5.55. The minimum absolute atomic E-state index is 0.0365. The second-order valence-corrected chi connectivity index (χ2v) is 7.18. The van der Waals surface area contributed by atoms with E-state index in [0.717, 1.165) is 61.4 Å². The third-order valence-electron chi connectivity index (χ3n) is 5.55. The maximum absolute atomic E-state index is 13.5. The van der Waals surface area contributed by atoms with Gasteiger partial charge in [-0.15, -0.1) is 0 Å². The van der Waals surface area contributed by atoms with Crippen molar-refractivity contribution in [1.82, 2.24) is 10.1 Å². The van der Waals surface area contributed by atoms with Gasteiger partial charge in [-0.25, -0.2) is 0 Å². The molecule has 4 rings (SSSR count). The van der Waals surface area contributed by atoms with Gasteiger partial charge in [0.05, 0.1) is 18.6 Å². The Morgan fingerprint density at radius 2 is 2.04 bits per heavy atom. The number of likely N-dealkylation sites (tertiary alicyclic amines) is 1. The lowest BCUT2D eigenvalue weighted by Gasteiger charge is -2.37. The molecular formula is C20H24N2O3. The molecule has 0 bridgehead atoms. The van der Waals surface area contributed by atoms with Crippen molar-refractivity contribution in [2.45, 2.75) is 50.5 Å². The first-order chi connectivity index (χ1) is 12.1. The Labute approximate surface area is 147 Å². The number of aromatic nitrogens is 1. The zero-order chi connectivity index (χ0) is 17.4. The maximum Gasteiger partial charge on any atom is 0.233 e. The Kier molecular flexibility index (Phi) is 4.02. The highest BCUT2D eigenvalue weighted by Gasteiger charge is 2.54. The normalized spacial score (nSPS) is 21.8. The van der Waals surface area contributed by atoms with Gasteiger partial charge in [0.15, 0.2) is 0 Å². The molecule has 2 heterocycles. The summed E-state index contributed by atoms with van der Waals surface area (Å²) < 4.78 is 10.5. The van der Waals surface area contributed by atoms with Gasteiger partial charge in [0.25, 0.3) is 0 Å². The van der Waals surface area contributed by atoms with E-state index in [2.05, 4.69) is 5.16 Å². The first-order valence-electron chi connectivity index (χ1n) is 9.03. The number of hydrogen-bond acceptors (Lipinski definition) is 4. The summed E-state index contributed by atoms with van der Waals surface area (Å²) in [5, 5.41) is 4.18. The van der Waals surface area contributed by atoms with Crippen LogP contribution >= 0.6 is 0 Å². The second kappa shape index (κ2) is 6.21. The van der Waals surface area contributed by atoms with Crippen LogP contribution in [-0.2, 0) is 10.2 Å². The largest absolute Gasteiger partial charge is 0.497 e.